The van der Waals surface area contributed by atoms with Gasteiger partial charge < -0.3 is 19.9 Å². The Balaban J connectivity index is 3.14. The van der Waals surface area contributed by atoms with Crippen LogP contribution in [0.2, 0.25) is 0 Å². The summed E-state index contributed by atoms with van der Waals surface area (Å²) in [5.41, 5.74) is 7.00. The van der Waals surface area contributed by atoms with Crippen LogP contribution in [0.1, 0.15) is 18.9 Å². The van der Waals surface area contributed by atoms with Crippen LogP contribution in [0.25, 0.3) is 0 Å². The van der Waals surface area contributed by atoms with E-state index in [2.05, 4.69) is 6.92 Å². The number of ether oxygens (including phenoxy) is 3. The molecule has 0 aliphatic rings. The molecule has 17 heavy (non-hydrogen) atoms. The Morgan fingerprint density at radius 2 is 1.71 bits per heavy atom. The molecule has 0 bridgehead atoms. The first-order valence-electron chi connectivity index (χ1n) is 5.71. The molecule has 1 atom stereocenters. The molecule has 0 saturated carbocycles. The average Bonchev–Trinajstić information content (AvgIpc) is 2.37. The normalized spacial score (nSPS) is 12.1. The number of nitrogens with two attached hydrogens (primary N) is 1. The SMILES string of the molecule is CCC(N)Cc1ccc(OC)c(OC)c1OC. The van der Waals surface area contributed by atoms with Gasteiger partial charge in [-0.2, -0.15) is 0 Å². The third-order valence-corrected chi connectivity index (χ3v) is 2.79. The van der Waals surface area contributed by atoms with E-state index in [-0.39, 0.29) is 6.04 Å². The summed E-state index contributed by atoms with van der Waals surface area (Å²) in [5, 5.41) is 0. The molecule has 0 radical (unpaired) electrons. The summed E-state index contributed by atoms with van der Waals surface area (Å²) in [4.78, 5) is 0. The first-order valence-corrected chi connectivity index (χ1v) is 5.71. The molecule has 96 valence electrons. The molecule has 0 heterocycles. The number of hydrogen-bond acceptors (Lipinski definition) is 4. The van der Waals surface area contributed by atoms with E-state index in [9.17, 15) is 0 Å². The molecule has 0 aliphatic heterocycles. The Kier molecular flexibility index (Phi) is 5.10. The summed E-state index contributed by atoms with van der Waals surface area (Å²) in [6.45, 7) is 2.07. The first kappa shape index (κ1) is 13.6. The number of methoxy groups -OCH3 is 3. The lowest BCUT2D eigenvalue weighted by Crippen LogP contribution is -2.21. The number of rotatable bonds is 6. The zero-order chi connectivity index (χ0) is 12.8. The second-order valence-electron chi connectivity index (χ2n) is 3.87. The second-order valence-corrected chi connectivity index (χ2v) is 3.87. The maximum Gasteiger partial charge on any atom is 0.203 e. The van der Waals surface area contributed by atoms with Crippen LogP contribution < -0.4 is 19.9 Å². The van der Waals surface area contributed by atoms with E-state index in [1.807, 2.05) is 12.1 Å². The van der Waals surface area contributed by atoms with Crippen LogP contribution in [0.5, 0.6) is 17.2 Å². The summed E-state index contributed by atoms with van der Waals surface area (Å²) in [6, 6.07) is 3.97. The van der Waals surface area contributed by atoms with E-state index in [4.69, 9.17) is 19.9 Å². The van der Waals surface area contributed by atoms with Crippen molar-refractivity contribution in [2.24, 2.45) is 5.73 Å². The van der Waals surface area contributed by atoms with E-state index in [0.29, 0.717) is 17.2 Å². The molecule has 4 heteroatoms. The minimum atomic E-state index is 0.127. The summed E-state index contributed by atoms with van der Waals surface area (Å²) in [5.74, 6) is 1.99. The van der Waals surface area contributed by atoms with Crippen molar-refractivity contribution < 1.29 is 14.2 Å². The lowest BCUT2D eigenvalue weighted by Gasteiger charge is -2.17. The minimum absolute atomic E-state index is 0.127. The predicted molar refractivity (Wildman–Crippen MR) is 68.1 cm³/mol. The largest absolute Gasteiger partial charge is 0.493 e. The fourth-order valence-corrected chi connectivity index (χ4v) is 1.75. The van der Waals surface area contributed by atoms with E-state index < -0.39 is 0 Å². The topological polar surface area (TPSA) is 53.7 Å². The third-order valence-electron chi connectivity index (χ3n) is 2.79. The Morgan fingerprint density at radius 1 is 1.06 bits per heavy atom. The fraction of sp³-hybridized carbons (Fsp3) is 0.538. The van der Waals surface area contributed by atoms with Crippen molar-refractivity contribution in [2.45, 2.75) is 25.8 Å². The van der Waals surface area contributed by atoms with Gasteiger partial charge in [-0.1, -0.05) is 13.0 Å². The fourth-order valence-electron chi connectivity index (χ4n) is 1.75. The van der Waals surface area contributed by atoms with Gasteiger partial charge in [-0.3, -0.25) is 0 Å². The Hall–Kier alpha value is -1.42. The molecule has 2 N–H and O–H groups in total. The Morgan fingerprint density at radius 3 is 2.18 bits per heavy atom. The molecular weight excluding hydrogens is 218 g/mol. The highest BCUT2D eigenvalue weighted by atomic mass is 16.5. The van der Waals surface area contributed by atoms with Crippen molar-refractivity contribution in [3.05, 3.63) is 17.7 Å². The van der Waals surface area contributed by atoms with Crippen LogP contribution in [0, 0.1) is 0 Å². The number of hydrogen-bond donors (Lipinski definition) is 1. The van der Waals surface area contributed by atoms with Crippen LogP contribution in [0.4, 0.5) is 0 Å². The molecule has 1 rings (SSSR count). The molecule has 1 aromatic rings. The molecule has 0 spiro atoms. The van der Waals surface area contributed by atoms with Gasteiger partial charge in [-0.15, -0.1) is 0 Å². The van der Waals surface area contributed by atoms with Gasteiger partial charge in [-0.05, 0) is 24.5 Å². The van der Waals surface area contributed by atoms with Gasteiger partial charge in [-0.25, -0.2) is 0 Å². The zero-order valence-electron chi connectivity index (χ0n) is 10.9. The molecule has 1 aromatic carbocycles. The van der Waals surface area contributed by atoms with Crippen LogP contribution >= 0.6 is 0 Å². The van der Waals surface area contributed by atoms with Crippen LogP contribution in [0.3, 0.4) is 0 Å². The molecule has 0 aromatic heterocycles. The Bertz CT molecular complexity index is 366. The van der Waals surface area contributed by atoms with Gasteiger partial charge in [0, 0.05) is 6.04 Å². The highest BCUT2D eigenvalue weighted by Crippen LogP contribution is 2.40. The highest BCUT2D eigenvalue weighted by Gasteiger charge is 2.16. The minimum Gasteiger partial charge on any atom is -0.493 e. The van der Waals surface area contributed by atoms with Crippen LogP contribution in [0.15, 0.2) is 12.1 Å². The van der Waals surface area contributed by atoms with Crippen molar-refractivity contribution in [2.75, 3.05) is 21.3 Å². The van der Waals surface area contributed by atoms with Crippen molar-refractivity contribution in [1.29, 1.82) is 0 Å². The summed E-state index contributed by atoms with van der Waals surface area (Å²) < 4.78 is 15.9. The summed E-state index contributed by atoms with van der Waals surface area (Å²) in [6.07, 6.45) is 1.69. The molecule has 0 saturated heterocycles. The van der Waals surface area contributed by atoms with E-state index in [1.54, 1.807) is 21.3 Å². The van der Waals surface area contributed by atoms with Gasteiger partial charge in [0.05, 0.1) is 21.3 Å². The van der Waals surface area contributed by atoms with Gasteiger partial charge in [0.1, 0.15) is 0 Å². The lowest BCUT2D eigenvalue weighted by molar-refractivity contribution is 0.321. The van der Waals surface area contributed by atoms with E-state index in [0.717, 1.165) is 18.4 Å². The van der Waals surface area contributed by atoms with E-state index in [1.165, 1.54) is 0 Å². The van der Waals surface area contributed by atoms with Crippen LogP contribution in [-0.4, -0.2) is 27.4 Å². The molecule has 0 aliphatic carbocycles. The maximum atomic E-state index is 5.96. The van der Waals surface area contributed by atoms with Crippen molar-refractivity contribution >= 4 is 0 Å². The standard InChI is InChI=1S/C13H21NO3/c1-5-10(14)8-9-6-7-11(15-2)13(17-4)12(9)16-3/h6-7,10H,5,8,14H2,1-4H3. The summed E-state index contributed by atoms with van der Waals surface area (Å²) >= 11 is 0. The first-order chi connectivity index (χ1) is 8.17. The summed E-state index contributed by atoms with van der Waals surface area (Å²) in [7, 11) is 4.83. The van der Waals surface area contributed by atoms with Gasteiger partial charge in [0.15, 0.2) is 11.5 Å². The maximum absolute atomic E-state index is 5.96. The lowest BCUT2D eigenvalue weighted by atomic mass is 10.0. The molecule has 0 amide bonds. The number of benzene rings is 1. The predicted octanol–water partition coefficient (Wildman–Crippen LogP) is 1.99. The Labute approximate surface area is 103 Å². The third kappa shape index (κ3) is 3.03. The van der Waals surface area contributed by atoms with Gasteiger partial charge in [0.25, 0.3) is 0 Å². The monoisotopic (exact) mass is 239 g/mol. The zero-order valence-corrected chi connectivity index (χ0v) is 10.9. The molecule has 4 nitrogen and oxygen atoms in total. The van der Waals surface area contributed by atoms with Crippen LogP contribution in [-0.2, 0) is 6.42 Å². The van der Waals surface area contributed by atoms with Crippen molar-refractivity contribution in [3.63, 3.8) is 0 Å². The van der Waals surface area contributed by atoms with Crippen molar-refractivity contribution in [1.82, 2.24) is 0 Å². The van der Waals surface area contributed by atoms with Gasteiger partial charge in [0.2, 0.25) is 5.75 Å². The molecular formula is C13H21NO3. The molecule has 1 unspecified atom stereocenters. The molecule has 0 fully saturated rings. The van der Waals surface area contributed by atoms with E-state index >= 15 is 0 Å². The average molecular weight is 239 g/mol. The van der Waals surface area contributed by atoms with Gasteiger partial charge >= 0.3 is 0 Å². The highest BCUT2D eigenvalue weighted by molar-refractivity contribution is 5.55. The second kappa shape index (κ2) is 6.35. The van der Waals surface area contributed by atoms with Crippen molar-refractivity contribution in [3.8, 4) is 17.2 Å². The smallest absolute Gasteiger partial charge is 0.203 e. The quantitative estimate of drug-likeness (QED) is 0.825.